The summed E-state index contributed by atoms with van der Waals surface area (Å²) in [6.45, 7) is 6.65. The number of carbonyl (C=O) groups is 1. The van der Waals surface area contributed by atoms with E-state index in [2.05, 4.69) is 20.2 Å². The number of amides is 1. The van der Waals surface area contributed by atoms with Gasteiger partial charge in [-0.1, -0.05) is 0 Å². The maximum Gasteiger partial charge on any atom is 0.223 e. The lowest BCUT2D eigenvalue weighted by molar-refractivity contribution is -0.132. The maximum absolute atomic E-state index is 12.5. The third-order valence-corrected chi connectivity index (χ3v) is 6.11. The molecule has 1 aromatic rings. The fourth-order valence-corrected chi connectivity index (χ4v) is 4.58. The molecule has 128 valence electrons. The molecular weight excluding hydrogens is 310 g/mol. The fourth-order valence-electron chi connectivity index (χ4n) is 3.97. The number of thiazole rings is 1. The summed E-state index contributed by atoms with van der Waals surface area (Å²) in [6, 6.07) is 0. The van der Waals surface area contributed by atoms with Crippen LogP contribution in [0.3, 0.4) is 0 Å². The van der Waals surface area contributed by atoms with Gasteiger partial charge in [-0.2, -0.15) is 0 Å². The minimum Gasteiger partial charge on any atom is -0.383 e. The Morgan fingerprint density at radius 2 is 2.22 bits per heavy atom. The SMILES string of the molecule is COCCN1CCCC2(CCC(=O)N2Cc2csc(C)n2)CC1. The van der Waals surface area contributed by atoms with Gasteiger partial charge in [-0.05, 0) is 39.2 Å². The van der Waals surface area contributed by atoms with Gasteiger partial charge in [0.15, 0.2) is 0 Å². The lowest BCUT2D eigenvalue weighted by Crippen LogP contribution is -2.46. The molecule has 2 aliphatic heterocycles. The van der Waals surface area contributed by atoms with Crippen LogP contribution in [0.4, 0.5) is 0 Å². The zero-order chi connectivity index (χ0) is 16.3. The van der Waals surface area contributed by atoms with Gasteiger partial charge < -0.3 is 14.5 Å². The van der Waals surface area contributed by atoms with Crippen molar-refractivity contribution in [1.29, 1.82) is 0 Å². The standard InChI is InChI=1S/C17H27N3O2S/c1-14-18-15(13-23-14)12-20-16(21)4-6-17(20)5-3-8-19(9-7-17)10-11-22-2/h13H,3-12H2,1-2H3. The molecule has 0 saturated carbocycles. The van der Waals surface area contributed by atoms with E-state index in [-0.39, 0.29) is 5.54 Å². The zero-order valence-electron chi connectivity index (χ0n) is 14.2. The number of rotatable bonds is 5. The van der Waals surface area contributed by atoms with E-state index in [9.17, 15) is 4.79 Å². The van der Waals surface area contributed by atoms with Crippen LogP contribution < -0.4 is 0 Å². The number of hydrogen-bond acceptors (Lipinski definition) is 5. The molecule has 5 nitrogen and oxygen atoms in total. The predicted octanol–water partition coefficient (Wildman–Crippen LogP) is 2.45. The Hall–Kier alpha value is -0.980. The van der Waals surface area contributed by atoms with Crippen molar-refractivity contribution in [2.24, 2.45) is 0 Å². The van der Waals surface area contributed by atoms with Gasteiger partial charge in [0.25, 0.3) is 0 Å². The number of hydrogen-bond donors (Lipinski definition) is 0. The monoisotopic (exact) mass is 337 g/mol. The molecule has 6 heteroatoms. The van der Waals surface area contributed by atoms with E-state index >= 15 is 0 Å². The highest BCUT2D eigenvalue weighted by Gasteiger charge is 2.45. The van der Waals surface area contributed by atoms with Gasteiger partial charge in [-0.15, -0.1) is 11.3 Å². The molecule has 0 aromatic carbocycles. The summed E-state index contributed by atoms with van der Waals surface area (Å²) in [5.41, 5.74) is 1.10. The summed E-state index contributed by atoms with van der Waals surface area (Å²) in [7, 11) is 1.76. The van der Waals surface area contributed by atoms with Crippen LogP contribution in [-0.4, -0.2) is 59.6 Å². The Morgan fingerprint density at radius 3 is 2.96 bits per heavy atom. The van der Waals surface area contributed by atoms with Gasteiger partial charge in [0.1, 0.15) is 0 Å². The molecule has 0 bridgehead atoms. The van der Waals surface area contributed by atoms with Crippen LogP contribution in [0.5, 0.6) is 0 Å². The van der Waals surface area contributed by atoms with Gasteiger partial charge in [0, 0.05) is 37.5 Å². The topological polar surface area (TPSA) is 45.7 Å². The van der Waals surface area contributed by atoms with Crippen LogP contribution in [0.2, 0.25) is 0 Å². The second kappa shape index (κ2) is 7.28. The van der Waals surface area contributed by atoms with Crippen LogP contribution in [0.1, 0.15) is 42.8 Å². The Morgan fingerprint density at radius 1 is 1.35 bits per heavy atom. The van der Waals surface area contributed by atoms with Crippen molar-refractivity contribution in [1.82, 2.24) is 14.8 Å². The Balaban J connectivity index is 1.69. The minimum atomic E-state index is 0.0520. The molecule has 23 heavy (non-hydrogen) atoms. The van der Waals surface area contributed by atoms with E-state index in [1.807, 2.05) is 6.92 Å². The van der Waals surface area contributed by atoms with Crippen molar-refractivity contribution in [3.05, 3.63) is 16.1 Å². The van der Waals surface area contributed by atoms with Crippen molar-refractivity contribution >= 4 is 17.2 Å². The summed E-state index contributed by atoms with van der Waals surface area (Å²) in [6.07, 6.45) is 5.05. The van der Waals surface area contributed by atoms with E-state index in [0.717, 1.165) is 62.6 Å². The van der Waals surface area contributed by atoms with E-state index in [1.54, 1.807) is 18.4 Å². The van der Waals surface area contributed by atoms with Gasteiger partial charge in [-0.3, -0.25) is 4.79 Å². The van der Waals surface area contributed by atoms with Crippen molar-refractivity contribution < 1.29 is 9.53 Å². The van der Waals surface area contributed by atoms with Crippen LogP contribution in [0, 0.1) is 6.92 Å². The van der Waals surface area contributed by atoms with Gasteiger partial charge in [0.2, 0.25) is 5.91 Å². The average molecular weight is 337 g/mol. The van der Waals surface area contributed by atoms with Crippen LogP contribution >= 0.6 is 11.3 Å². The highest BCUT2D eigenvalue weighted by atomic mass is 32.1. The molecule has 1 aromatic heterocycles. The van der Waals surface area contributed by atoms with E-state index in [4.69, 9.17) is 4.74 Å². The second-order valence-electron chi connectivity index (χ2n) is 6.75. The number of nitrogens with zero attached hydrogens (tertiary/aromatic N) is 3. The molecule has 1 amide bonds. The van der Waals surface area contributed by atoms with Crippen LogP contribution in [0.25, 0.3) is 0 Å². The summed E-state index contributed by atoms with van der Waals surface area (Å²) < 4.78 is 5.21. The average Bonchev–Trinajstić information content (AvgIpc) is 3.00. The quantitative estimate of drug-likeness (QED) is 0.828. The Kier molecular flexibility index (Phi) is 5.34. The van der Waals surface area contributed by atoms with Crippen molar-refractivity contribution in [2.75, 3.05) is 33.4 Å². The van der Waals surface area contributed by atoms with Crippen molar-refractivity contribution in [3.63, 3.8) is 0 Å². The first kappa shape index (κ1) is 16.9. The number of methoxy groups -OCH3 is 1. The molecule has 1 spiro atoms. The fraction of sp³-hybridized carbons (Fsp3) is 0.765. The second-order valence-corrected chi connectivity index (χ2v) is 7.81. The van der Waals surface area contributed by atoms with Gasteiger partial charge in [-0.25, -0.2) is 4.98 Å². The maximum atomic E-state index is 12.5. The predicted molar refractivity (Wildman–Crippen MR) is 91.5 cm³/mol. The number of likely N-dealkylation sites (tertiary alicyclic amines) is 2. The van der Waals surface area contributed by atoms with Crippen molar-refractivity contribution in [3.8, 4) is 0 Å². The number of carbonyl (C=O) groups excluding carboxylic acids is 1. The third-order valence-electron chi connectivity index (χ3n) is 5.29. The van der Waals surface area contributed by atoms with E-state index in [0.29, 0.717) is 18.9 Å². The van der Waals surface area contributed by atoms with Gasteiger partial charge in [0.05, 0.1) is 23.9 Å². The van der Waals surface area contributed by atoms with Crippen LogP contribution in [0.15, 0.2) is 5.38 Å². The molecule has 1 unspecified atom stereocenters. The first-order valence-corrected chi connectivity index (χ1v) is 9.44. The van der Waals surface area contributed by atoms with Gasteiger partial charge >= 0.3 is 0 Å². The number of aromatic nitrogens is 1. The first-order chi connectivity index (χ1) is 11.1. The largest absolute Gasteiger partial charge is 0.383 e. The molecule has 1 atom stereocenters. The first-order valence-electron chi connectivity index (χ1n) is 8.56. The summed E-state index contributed by atoms with van der Waals surface area (Å²) in [4.78, 5) is 21.7. The highest BCUT2D eigenvalue weighted by molar-refractivity contribution is 7.09. The molecule has 2 fully saturated rings. The van der Waals surface area contributed by atoms with E-state index in [1.165, 1.54) is 0 Å². The normalized spacial score (nSPS) is 26.2. The third kappa shape index (κ3) is 3.75. The lowest BCUT2D eigenvalue weighted by atomic mass is 9.87. The molecule has 0 N–H and O–H groups in total. The molecular formula is C17H27N3O2S. The zero-order valence-corrected chi connectivity index (χ0v) is 15.0. The number of aryl methyl sites for hydroxylation is 1. The molecule has 0 radical (unpaired) electrons. The molecule has 3 heterocycles. The molecule has 3 rings (SSSR count). The minimum absolute atomic E-state index is 0.0520. The summed E-state index contributed by atoms with van der Waals surface area (Å²) in [5, 5.41) is 3.17. The molecule has 2 saturated heterocycles. The number of ether oxygens (including phenoxy) is 1. The summed E-state index contributed by atoms with van der Waals surface area (Å²) in [5.74, 6) is 0.306. The Bertz CT molecular complexity index is 548. The van der Waals surface area contributed by atoms with Crippen LogP contribution in [-0.2, 0) is 16.1 Å². The Labute approximate surface area is 142 Å². The molecule has 2 aliphatic rings. The van der Waals surface area contributed by atoms with Crippen molar-refractivity contribution in [2.45, 2.75) is 51.1 Å². The highest BCUT2D eigenvalue weighted by Crippen LogP contribution is 2.40. The van der Waals surface area contributed by atoms with E-state index < -0.39 is 0 Å². The lowest BCUT2D eigenvalue weighted by Gasteiger charge is -2.38. The molecule has 0 aliphatic carbocycles. The smallest absolute Gasteiger partial charge is 0.223 e. The summed E-state index contributed by atoms with van der Waals surface area (Å²) >= 11 is 1.67.